The standard InChI is InChI=1S/C14H18N2O3/c1-5-14(2,9-15)13(17)16-10-6-7-11(18-3)12(8-10)19-4/h6-8H,5H2,1-4H3,(H,16,17). The number of amides is 1. The summed E-state index contributed by atoms with van der Waals surface area (Å²) in [6, 6.07) is 7.09. The van der Waals surface area contributed by atoms with Gasteiger partial charge in [0, 0.05) is 11.8 Å². The minimum absolute atomic E-state index is 0.329. The van der Waals surface area contributed by atoms with Crippen LogP contribution in [0.1, 0.15) is 20.3 Å². The van der Waals surface area contributed by atoms with E-state index in [1.165, 1.54) is 7.11 Å². The summed E-state index contributed by atoms with van der Waals surface area (Å²) >= 11 is 0. The highest BCUT2D eigenvalue weighted by molar-refractivity contribution is 5.97. The summed E-state index contributed by atoms with van der Waals surface area (Å²) in [6.45, 7) is 3.42. The van der Waals surface area contributed by atoms with Gasteiger partial charge >= 0.3 is 0 Å². The second-order valence-electron chi connectivity index (χ2n) is 4.32. The van der Waals surface area contributed by atoms with Gasteiger partial charge in [-0.25, -0.2) is 0 Å². The average Bonchev–Trinajstić information content (AvgIpc) is 2.45. The summed E-state index contributed by atoms with van der Waals surface area (Å²) < 4.78 is 10.3. The van der Waals surface area contributed by atoms with Crippen molar-refractivity contribution in [3.63, 3.8) is 0 Å². The molecule has 0 bridgehead atoms. The number of ether oxygens (including phenoxy) is 2. The van der Waals surface area contributed by atoms with Crippen LogP contribution in [0.5, 0.6) is 11.5 Å². The van der Waals surface area contributed by atoms with Crippen molar-refractivity contribution in [1.82, 2.24) is 0 Å². The molecule has 1 unspecified atom stereocenters. The molecular formula is C14H18N2O3. The Labute approximate surface area is 113 Å². The zero-order valence-electron chi connectivity index (χ0n) is 11.6. The van der Waals surface area contributed by atoms with E-state index in [-0.39, 0.29) is 5.91 Å². The summed E-state index contributed by atoms with van der Waals surface area (Å²) in [5.41, 5.74) is -0.467. The highest BCUT2D eigenvalue weighted by Gasteiger charge is 2.31. The van der Waals surface area contributed by atoms with Gasteiger partial charge < -0.3 is 14.8 Å². The second kappa shape index (κ2) is 6.10. The second-order valence-corrected chi connectivity index (χ2v) is 4.32. The largest absolute Gasteiger partial charge is 0.493 e. The van der Waals surface area contributed by atoms with Crippen LogP contribution in [0.4, 0.5) is 5.69 Å². The van der Waals surface area contributed by atoms with Crippen molar-refractivity contribution in [2.75, 3.05) is 19.5 Å². The molecule has 1 rings (SSSR count). The molecule has 0 fully saturated rings. The van der Waals surface area contributed by atoms with Crippen molar-refractivity contribution in [2.45, 2.75) is 20.3 Å². The molecule has 5 heteroatoms. The number of anilines is 1. The average molecular weight is 262 g/mol. The lowest BCUT2D eigenvalue weighted by molar-refractivity contribution is -0.122. The van der Waals surface area contributed by atoms with Gasteiger partial charge in [0.1, 0.15) is 5.41 Å². The Bertz CT molecular complexity index is 508. The van der Waals surface area contributed by atoms with E-state index >= 15 is 0 Å². The van der Waals surface area contributed by atoms with Crippen LogP contribution in [0.3, 0.4) is 0 Å². The molecule has 5 nitrogen and oxygen atoms in total. The lowest BCUT2D eigenvalue weighted by Crippen LogP contribution is -2.31. The quantitative estimate of drug-likeness (QED) is 0.885. The molecule has 1 N–H and O–H groups in total. The molecule has 1 aromatic carbocycles. The van der Waals surface area contributed by atoms with Crippen LogP contribution >= 0.6 is 0 Å². The molecule has 1 aromatic rings. The van der Waals surface area contributed by atoms with Crippen molar-refractivity contribution in [1.29, 1.82) is 5.26 Å². The first-order chi connectivity index (χ1) is 9.00. The number of nitrogens with zero attached hydrogens (tertiary/aromatic N) is 1. The van der Waals surface area contributed by atoms with E-state index in [0.29, 0.717) is 23.6 Å². The Morgan fingerprint density at radius 2 is 2.00 bits per heavy atom. The number of nitrogens with one attached hydrogen (secondary N) is 1. The fourth-order valence-electron chi connectivity index (χ4n) is 1.47. The van der Waals surface area contributed by atoms with Crippen LogP contribution in [0.15, 0.2) is 18.2 Å². The highest BCUT2D eigenvalue weighted by atomic mass is 16.5. The van der Waals surface area contributed by atoms with Gasteiger partial charge in [-0.3, -0.25) is 4.79 Å². The number of benzene rings is 1. The van der Waals surface area contributed by atoms with Gasteiger partial charge in [0.05, 0.1) is 20.3 Å². The Balaban J connectivity index is 2.95. The van der Waals surface area contributed by atoms with E-state index in [4.69, 9.17) is 14.7 Å². The summed E-state index contributed by atoms with van der Waals surface area (Å²) in [5, 5.41) is 11.8. The molecular weight excluding hydrogens is 244 g/mol. The topological polar surface area (TPSA) is 71.4 Å². The smallest absolute Gasteiger partial charge is 0.244 e. The fraction of sp³-hybridized carbons (Fsp3) is 0.429. The molecule has 0 aliphatic rings. The third-order valence-electron chi connectivity index (χ3n) is 3.10. The molecule has 0 spiro atoms. The maximum atomic E-state index is 12.0. The van der Waals surface area contributed by atoms with Crippen molar-refractivity contribution < 1.29 is 14.3 Å². The number of hydrogen-bond acceptors (Lipinski definition) is 4. The van der Waals surface area contributed by atoms with E-state index in [2.05, 4.69) is 5.32 Å². The SMILES string of the molecule is CCC(C)(C#N)C(=O)Nc1ccc(OC)c(OC)c1. The summed E-state index contributed by atoms with van der Waals surface area (Å²) in [6.07, 6.45) is 0.447. The van der Waals surface area contributed by atoms with Crippen molar-refractivity contribution in [3.8, 4) is 17.6 Å². The van der Waals surface area contributed by atoms with E-state index in [1.54, 1.807) is 39.2 Å². The highest BCUT2D eigenvalue weighted by Crippen LogP contribution is 2.31. The number of nitriles is 1. The van der Waals surface area contributed by atoms with E-state index < -0.39 is 5.41 Å². The Morgan fingerprint density at radius 3 is 2.47 bits per heavy atom. The van der Waals surface area contributed by atoms with Crippen molar-refractivity contribution in [2.24, 2.45) is 5.41 Å². The van der Waals surface area contributed by atoms with Gasteiger partial charge in [-0.15, -0.1) is 0 Å². The minimum Gasteiger partial charge on any atom is -0.493 e. The molecule has 19 heavy (non-hydrogen) atoms. The van der Waals surface area contributed by atoms with Crippen molar-refractivity contribution >= 4 is 11.6 Å². The van der Waals surface area contributed by atoms with Gasteiger partial charge in [-0.05, 0) is 25.5 Å². The normalized spacial score (nSPS) is 13.0. The van der Waals surface area contributed by atoms with Gasteiger partial charge in [-0.2, -0.15) is 5.26 Å². The van der Waals surface area contributed by atoms with Gasteiger partial charge in [0.2, 0.25) is 5.91 Å². The van der Waals surface area contributed by atoms with Crippen molar-refractivity contribution in [3.05, 3.63) is 18.2 Å². The van der Waals surface area contributed by atoms with Gasteiger partial charge in [0.25, 0.3) is 0 Å². The molecule has 0 aliphatic carbocycles. The summed E-state index contributed by atoms with van der Waals surface area (Å²) in [5.74, 6) is 0.777. The number of methoxy groups -OCH3 is 2. The molecule has 0 saturated heterocycles. The monoisotopic (exact) mass is 262 g/mol. The third-order valence-corrected chi connectivity index (χ3v) is 3.10. The third kappa shape index (κ3) is 3.16. The molecule has 0 heterocycles. The summed E-state index contributed by atoms with van der Waals surface area (Å²) in [4.78, 5) is 12.0. The fourth-order valence-corrected chi connectivity index (χ4v) is 1.47. The number of carbonyl (C=O) groups is 1. The van der Waals surface area contributed by atoms with Crippen LogP contribution in [0, 0.1) is 16.7 Å². The Kier molecular flexibility index (Phi) is 4.76. The first-order valence-corrected chi connectivity index (χ1v) is 5.95. The van der Waals surface area contributed by atoms with E-state index in [0.717, 1.165) is 0 Å². The molecule has 1 amide bonds. The van der Waals surface area contributed by atoms with E-state index in [9.17, 15) is 4.79 Å². The summed E-state index contributed by atoms with van der Waals surface area (Å²) in [7, 11) is 3.06. The molecule has 0 aliphatic heterocycles. The lowest BCUT2D eigenvalue weighted by atomic mass is 9.88. The first kappa shape index (κ1) is 14.8. The van der Waals surface area contributed by atoms with Gasteiger partial charge in [-0.1, -0.05) is 6.92 Å². The molecule has 102 valence electrons. The maximum Gasteiger partial charge on any atom is 0.244 e. The first-order valence-electron chi connectivity index (χ1n) is 5.95. The Hall–Kier alpha value is -2.22. The maximum absolute atomic E-state index is 12.0. The predicted octanol–water partition coefficient (Wildman–Crippen LogP) is 2.58. The number of carbonyl (C=O) groups excluding carboxylic acids is 1. The lowest BCUT2D eigenvalue weighted by Gasteiger charge is -2.19. The van der Waals surface area contributed by atoms with E-state index in [1.807, 2.05) is 6.07 Å². The van der Waals surface area contributed by atoms with Crippen LogP contribution in [-0.2, 0) is 4.79 Å². The van der Waals surface area contributed by atoms with Crippen LogP contribution in [-0.4, -0.2) is 20.1 Å². The van der Waals surface area contributed by atoms with Crippen LogP contribution in [0.25, 0.3) is 0 Å². The van der Waals surface area contributed by atoms with Crippen LogP contribution in [0.2, 0.25) is 0 Å². The molecule has 1 atom stereocenters. The van der Waals surface area contributed by atoms with Crippen LogP contribution < -0.4 is 14.8 Å². The molecule has 0 radical (unpaired) electrons. The minimum atomic E-state index is -1.03. The van der Waals surface area contributed by atoms with Gasteiger partial charge in [0.15, 0.2) is 11.5 Å². The molecule has 0 aromatic heterocycles. The Morgan fingerprint density at radius 1 is 1.37 bits per heavy atom. The number of hydrogen-bond donors (Lipinski definition) is 1. The predicted molar refractivity (Wildman–Crippen MR) is 72.2 cm³/mol. The molecule has 0 saturated carbocycles. The zero-order chi connectivity index (χ0) is 14.5. The number of rotatable bonds is 5. The zero-order valence-corrected chi connectivity index (χ0v) is 11.6.